The second-order valence-electron chi connectivity index (χ2n) is 4.81. The summed E-state index contributed by atoms with van der Waals surface area (Å²) in [6.45, 7) is 4.40. The summed E-state index contributed by atoms with van der Waals surface area (Å²) in [6, 6.07) is 3.38. The van der Waals surface area contributed by atoms with E-state index >= 15 is 0 Å². The molecule has 1 aliphatic rings. The van der Waals surface area contributed by atoms with Gasteiger partial charge in [0.15, 0.2) is 5.69 Å². The van der Waals surface area contributed by atoms with Gasteiger partial charge in [-0.1, -0.05) is 11.6 Å². The van der Waals surface area contributed by atoms with Crippen LogP contribution >= 0.6 is 11.6 Å². The van der Waals surface area contributed by atoms with Gasteiger partial charge in [-0.3, -0.25) is 4.90 Å². The highest BCUT2D eigenvalue weighted by molar-refractivity contribution is 6.31. The van der Waals surface area contributed by atoms with Gasteiger partial charge in [0, 0.05) is 37.4 Å². The fraction of sp³-hybridized carbons (Fsp3) is 0.385. The zero-order valence-electron chi connectivity index (χ0n) is 10.8. The van der Waals surface area contributed by atoms with E-state index in [0.717, 1.165) is 32.0 Å². The predicted molar refractivity (Wildman–Crippen MR) is 75.3 cm³/mol. The molecule has 7 heteroatoms. The molecule has 0 aromatic carbocycles. The number of rotatable bonds is 3. The van der Waals surface area contributed by atoms with Gasteiger partial charge in [0.25, 0.3) is 0 Å². The number of hydrogen-bond acceptors (Lipinski definition) is 4. The van der Waals surface area contributed by atoms with E-state index < -0.39 is 5.97 Å². The Morgan fingerprint density at radius 1 is 1.45 bits per heavy atom. The van der Waals surface area contributed by atoms with Crippen LogP contribution in [0, 0.1) is 0 Å². The molecule has 20 heavy (non-hydrogen) atoms. The number of hydrogen-bond donors (Lipinski definition) is 2. The van der Waals surface area contributed by atoms with E-state index in [1.807, 2.05) is 0 Å². The van der Waals surface area contributed by atoms with E-state index in [9.17, 15) is 9.90 Å². The predicted octanol–water partition coefficient (Wildman–Crippen LogP) is 1.09. The van der Waals surface area contributed by atoms with Gasteiger partial charge in [0.1, 0.15) is 5.82 Å². The number of carbonyl (C=O) groups is 1. The number of carboxylic acids is 1. The molecule has 3 heterocycles. The lowest BCUT2D eigenvalue weighted by atomic mass is 10.3. The Balaban J connectivity index is 1.99. The molecule has 2 N–H and O–H groups in total. The van der Waals surface area contributed by atoms with Crippen LogP contribution in [0.5, 0.6) is 0 Å². The minimum atomic E-state index is -1.03. The molecule has 0 saturated carbocycles. The molecule has 1 aliphatic heterocycles. The van der Waals surface area contributed by atoms with Crippen LogP contribution in [-0.4, -0.2) is 51.5 Å². The lowest BCUT2D eigenvalue weighted by Gasteiger charge is -2.26. The smallest absolute Gasteiger partial charge is 0.356 e. The average molecular weight is 295 g/mol. The third-order valence-corrected chi connectivity index (χ3v) is 3.69. The lowest BCUT2D eigenvalue weighted by molar-refractivity contribution is 0.0693. The van der Waals surface area contributed by atoms with Crippen molar-refractivity contribution in [1.82, 2.24) is 19.6 Å². The molecule has 0 atom stereocenters. The fourth-order valence-electron chi connectivity index (χ4n) is 2.46. The molecule has 0 unspecified atom stereocenters. The first kappa shape index (κ1) is 13.4. The number of aromatic carboxylic acids is 1. The molecule has 0 spiro atoms. The summed E-state index contributed by atoms with van der Waals surface area (Å²) in [4.78, 5) is 17.8. The SMILES string of the molecule is O=C(O)c1nc(CN2CCNCC2)n2ccc(Cl)cc12. The van der Waals surface area contributed by atoms with Gasteiger partial charge >= 0.3 is 5.97 Å². The molecule has 2 aromatic heterocycles. The molecule has 6 nitrogen and oxygen atoms in total. The number of piperazine rings is 1. The average Bonchev–Trinajstić information content (AvgIpc) is 2.78. The topological polar surface area (TPSA) is 69.9 Å². The maximum absolute atomic E-state index is 11.3. The molecule has 106 valence electrons. The van der Waals surface area contributed by atoms with E-state index in [1.54, 1.807) is 22.7 Å². The zero-order chi connectivity index (χ0) is 14.1. The van der Waals surface area contributed by atoms with Crippen molar-refractivity contribution in [3.05, 3.63) is 34.9 Å². The van der Waals surface area contributed by atoms with Crippen LogP contribution in [-0.2, 0) is 6.54 Å². The molecule has 0 amide bonds. The number of aromatic nitrogens is 2. The number of imidazole rings is 1. The van der Waals surface area contributed by atoms with Gasteiger partial charge in [-0.15, -0.1) is 0 Å². The molecule has 0 aliphatic carbocycles. The number of carboxylic acid groups (broad SMARTS) is 1. The maximum atomic E-state index is 11.3. The summed E-state index contributed by atoms with van der Waals surface area (Å²) >= 11 is 5.94. The Hall–Kier alpha value is -1.63. The van der Waals surface area contributed by atoms with Gasteiger partial charge in [-0.05, 0) is 12.1 Å². The number of pyridine rings is 1. The van der Waals surface area contributed by atoms with E-state index in [0.29, 0.717) is 17.1 Å². The van der Waals surface area contributed by atoms with Crippen LogP contribution in [0.15, 0.2) is 18.3 Å². The summed E-state index contributed by atoms with van der Waals surface area (Å²) in [5.74, 6) is -0.299. The molecule has 3 rings (SSSR count). The second-order valence-corrected chi connectivity index (χ2v) is 5.24. The summed E-state index contributed by atoms with van der Waals surface area (Å²) in [5.41, 5.74) is 0.591. The monoisotopic (exact) mass is 294 g/mol. The van der Waals surface area contributed by atoms with Crippen LogP contribution < -0.4 is 5.32 Å². The van der Waals surface area contributed by atoms with E-state index in [2.05, 4.69) is 15.2 Å². The molecule has 2 aromatic rings. The van der Waals surface area contributed by atoms with Crippen molar-refractivity contribution in [3.63, 3.8) is 0 Å². The maximum Gasteiger partial charge on any atom is 0.356 e. The van der Waals surface area contributed by atoms with Gasteiger partial charge in [0.2, 0.25) is 0 Å². The summed E-state index contributed by atoms with van der Waals surface area (Å²) < 4.78 is 1.80. The minimum Gasteiger partial charge on any atom is -0.476 e. The Labute approximate surface area is 121 Å². The quantitative estimate of drug-likeness (QED) is 0.887. The Morgan fingerprint density at radius 3 is 2.90 bits per heavy atom. The summed E-state index contributed by atoms with van der Waals surface area (Å²) in [6.07, 6.45) is 1.77. The van der Waals surface area contributed by atoms with Gasteiger partial charge in [-0.2, -0.15) is 0 Å². The third kappa shape index (κ3) is 2.49. The van der Waals surface area contributed by atoms with Gasteiger partial charge < -0.3 is 14.8 Å². The van der Waals surface area contributed by atoms with Crippen LogP contribution in [0.25, 0.3) is 5.52 Å². The normalized spacial score (nSPS) is 16.6. The third-order valence-electron chi connectivity index (χ3n) is 3.46. The Bertz CT molecular complexity index is 649. The van der Waals surface area contributed by atoms with Crippen molar-refractivity contribution in [1.29, 1.82) is 0 Å². The van der Waals surface area contributed by atoms with Crippen molar-refractivity contribution in [3.8, 4) is 0 Å². The number of nitrogens with one attached hydrogen (secondary N) is 1. The minimum absolute atomic E-state index is 0.0534. The first-order valence-electron chi connectivity index (χ1n) is 6.48. The number of fused-ring (bicyclic) bond motifs is 1. The zero-order valence-corrected chi connectivity index (χ0v) is 11.6. The highest BCUT2D eigenvalue weighted by Gasteiger charge is 2.19. The largest absolute Gasteiger partial charge is 0.476 e. The number of nitrogens with zero attached hydrogens (tertiary/aromatic N) is 3. The highest BCUT2D eigenvalue weighted by atomic mass is 35.5. The summed E-state index contributed by atoms with van der Waals surface area (Å²) in [7, 11) is 0. The van der Waals surface area contributed by atoms with Crippen LogP contribution in [0.2, 0.25) is 5.02 Å². The summed E-state index contributed by atoms with van der Waals surface area (Å²) in [5, 5.41) is 13.0. The van der Waals surface area contributed by atoms with Crippen LogP contribution in [0.1, 0.15) is 16.3 Å². The molecule has 1 fully saturated rings. The van der Waals surface area contributed by atoms with Crippen LogP contribution in [0.4, 0.5) is 0 Å². The molecule has 1 saturated heterocycles. The van der Waals surface area contributed by atoms with E-state index in [-0.39, 0.29) is 5.69 Å². The number of halogens is 1. The van der Waals surface area contributed by atoms with Crippen molar-refractivity contribution >= 4 is 23.1 Å². The standard InChI is InChI=1S/C13H15ClN4O2/c14-9-1-4-18-10(7-9)12(13(19)20)16-11(18)8-17-5-2-15-3-6-17/h1,4,7,15H,2-3,5-6,8H2,(H,19,20). The van der Waals surface area contributed by atoms with Crippen molar-refractivity contribution in [2.45, 2.75) is 6.54 Å². The van der Waals surface area contributed by atoms with Crippen molar-refractivity contribution < 1.29 is 9.90 Å². The van der Waals surface area contributed by atoms with Crippen LogP contribution in [0.3, 0.4) is 0 Å². The second kappa shape index (κ2) is 5.40. The molecular weight excluding hydrogens is 280 g/mol. The molecule has 0 bridgehead atoms. The van der Waals surface area contributed by atoms with Crippen molar-refractivity contribution in [2.75, 3.05) is 26.2 Å². The first-order chi connectivity index (χ1) is 9.65. The lowest BCUT2D eigenvalue weighted by Crippen LogP contribution is -2.43. The Kier molecular flexibility index (Phi) is 3.60. The van der Waals surface area contributed by atoms with E-state index in [4.69, 9.17) is 11.6 Å². The van der Waals surface area contributed by atoms with Gasteiger partial charge in [-0.25, -0.2) is 9.78 Å². The Morgan fingerprint density at radius 2 is 2.20 bits per heavy atom. The highest BCUT2D eigenvalue weighted by Crippen LogP contribution is 2.19. The fourth-order valence-corrected chi connectivity index (χ4v) is 2.62. The molecule has 0 radical (unpaired) electrons. The van der Waals surface area contributed by atoms with Crippen molar-refractivity contribution in [2.24, 2.45) is 0 Å². The van der Waals surface area contributed by atoms with Gasteiger partial charge in [0.05, 0.1) is 12.1 Å². The first-order valence-corrected chi connectivity index (χ1v) is 6.86. The van der Waals surface area contributed by atoms with E-state index in [1.165, 1.54) is 0 Å². The molecular formula is C13H15ClN4O2.